The van der Waals surface area contributed by atoms with E-state index in [0.717, 1.165) is 17.5 Å². The minimum atomic E-state index is -0.724. The lowest BCUT2D eigenvalue weighted by Gasteiger charge is -2.16. The van der Waals surface area contributed by atoms with Gasteiger partial charge in [-0.1, -0.05) is 6.07 Å². The molecule has 0 N–H and O–H groups in total. The molecular formula is C14H11F2N4-. The molecule has 0 aliphatic carbocycles. The first-order chi connectivity index (χ1) is 9.54. The second kappa shape index (κ2) is 4.56. The predicted molar refractivity (Wildman–Crippen MR) is 68.9 cm³/mol. The van der Waals surface area contributed by atoms with Gasteiger partial charge in [0.25, 0.3) is 0 Å². The lowest BCUT2D eigenvalue weighted by Crippen LogP contribution is -2.06. The normalized spacial score (nSPS) is 11.0. The van der Waals surface area contributed by atoms with Crippen LogP contribution in [-0.2, 0) is 0 Å². The highest BCUT2D eigenvalue weighted by molar-refractivity contribution is 5.44. The minimum absolute atomic E-state index is 0.0580. The van der Waals surface area contributed by atoms with Gasteiger partial charge >= 0.3 is 0 Å². The topological polar surface area (TPSA) is 35.6 Å². The summed E-state index contributed by atoms with van der Waals surface area (Å²) in [5.41, 5.74) is 1.59. The minimum Gasteiger partial charge on any atom is -0.282 e. The van der Waals surface area contributed by atoms with E-state index in [-0.39, 0.29) is 11.4 Å². The van der Waals surface area contributed by atoms with Gasteiger partial charge in [-0.15, -0.1) is 6.07 Å². The summed E-state index contributed by atoms with van der Waals surface area (Å²) >= 11 is 0. The van der Waals surface area contributed by atoms with Crippen molar-refractivity contribution in [1.82, 2.24) is 19.6 Å². The lowest BCUT2D eigenvalue weighted by molar-refractivity contribution is 0.564. The Morgan fingerprint density at radius 2 is 1.35 bits per heavy atom. The Labute approximate surface area is 114 Å². The second-order valence-corrected chi connectivity index (χ2v) is 4.47. The molecule has 0 aliphatic heterocycles. The number of aryl methyl sites for hydroxylation is 2. The van der Waals surface area contributed by atoms with E-state index in [4.69, 9.17) is 0 Å². The highest BCUT2D eigenvalue weighted by Gasteiger charge is 2.06. The molecule has 0 amide bonds. The highest BCUT2D eigenvalue weighted by Crippen LogP contribution is 2.20. The van der Waals surface area contributed by atoms with Gasteiger partial charge in [-0.05, 0) is 37.4 Å². The van der Waals surface area contributed by atoms with E-state index in [1.54, 1.807) is 38.4 Å². The van der Waals surface area contributed by atoms with E-state index in [9.17, 15) is 8.78 Å². The van der Waals surface area contributed by atoms with Crippen LogP contribution in [0.4, 0.5) is 8.78 Å². The van der Waals surface area contributed by atoms with Crippen LogP contribution in [0.5, 0.6) is 0 Å². The van der Waals surface area contributed by atoms with Crippen molar-refractivity contribution in [2.75, 3.05) is 0 Å². The van der Waals surface area contributed by atoms with E-state index in [2.05, 4.69) is 16.3 Å². The van der Waals surface area contributed by atoms with Crippen molar-refractivity contribution in [2.24, 2.45) is 0 Å². The number of halogens is 2. The number of rotatable bonds is 2. The van der Waals surface area contributed by atoms with E-state index in [1.165, 1.54) is 9.36 Å². The van der Waals surface area contributed by atoms with Crippen molar-refractivity contribution in [3.8, 4) is 11.4 Å². The Hall–Kier alpha value is -2.50. The van der Waals surface area contributed by atoms with Gasteiger partial charge in [-0.2, -0.15) is 10.2 Å². The molecule has 20 heavy (non-hydrogen) atoms. The van der Waals surface area contributed by atoms with Crippen LogP contribution in [0, 0.1) is 31.5 Å². The zero-order valence-electron chi connectivity index (χ0n) is 10.9. The molecule has 102 valence electrons. The first-order valence-corrected chi connectivity index (χ1v) is 6.01. The summed E-state index contributed by atoms with van der Waals surface area (Å²) in [6.45, 7) is 3.57. The molecule has 0 saturated heterocycles. The van der Waals surface area contributed by atoms with Gasteiger partial charge in [0.2, 0.25) is 0 Å². The molecule has 0 aliphatic rings. The molecule has 1 aromatic carbocycles. The summed E-state index contributed by atoms with van der Waals surface area (Å²) < 4.78 is 30.4. The molecule has 0 atom stereocenters. The number of benzene rings is 1. The van der Waals surface area contributed by atoms with Crippen molar-refractivity contribution in [3.05, 3.63) is 59.7 Å². The average Bonchev–Trinajstić information content (AvgIpc) is 2.99. The fraction of sp³-hybridized carbons (Fsp3) is 0.143. The first-order valence-electron chi connectivity index (χ1n) is 6.01. The summed E-state index contributed by atoms with van der Waals surface area (Å²) in [6, 6.07) is 6.97. The summed E-state index contributed by atoms with van der Waals surface area (Å²) in [5.74, 6) is -1.45. The Kier molecular flexibility index (Phi) is 2.85. The zero-order valence-corrected chi connectivity index (χ0v) is 10.9. The van der Waals surface area contributed by atoms with Crippen LogP contribution in [0.2, 0.25) is 0 Å². The standard InChI is InChI=1S/C14H11F2N4/c1-9-3-5-19(17-9)13-8-14(12(16)7-11(13)15)20-6-4-10(2)18-20/h3-7H,1-2H3/q-1. The number of hydrogen-bond donors (Lipinski definition) is 0. The summed E-state index contributed by atoms with van der Waals surface area (Å²) in [7, 11) is 0. The largest absolute Gasteiger partial charge is 0.282 e. The van der Waals surface area contributed by atoms with Gasteiger partial charge < -0.3 is 0 Å². The molecule has 0 bridgehead atoms. The molecule has 0 unspecified atom stereocenters. The number of hydrogen-bond acceptors (Lipinski definition) is 2. The first kappa shape index (κ1) is 12.5. The molecule has 6 heteroatoms. The molecule has 2 heterocycles. The monoisotopic (exact) mass is 273 g/mol. The van der Waals surface area contributed by atoms with Crippen LogP contribution in [0.15, 0.2) is 30.6 Å². The van der Waals surface area contributed by atoms with Crippen LogP contribution in [0.1, 0.15) is 11.4 Å². The van der Waals surface area contributed by atoms with E-state index in [0.29, 0.717) is 0 Å². The predicted octanol–water partition coefficient (Wildman–Crippen LogP) is 2.75. The van der Waals surface area contributed by atoms with Gasteiger partial charge in [-0.25, -0.2) is 0 Å². The summed E-state index contributed by atoms with van der Waals surface area (Å²) in [6.07, 6.45) is 3.19. The number of aromatic nitrogens is 4. The average molecular weight is 273 g/mol. The number of nitrogens with zero attached hydrogens (tertiary/aromatic N) is 4. The summed E-state index contributed by atoms with van der Waals surface area (Å²) in [5, 5.41) is 8.21. The van der Waals surface area contributed by atoms with Crippen molar-refractivity contribution in [1.29, 1.82) is 0 Å². The molecule has 0 spiro atoms. The smallest absolute Gasteiger partial charge is 0.0597 e. The van der Waals surface area contributed by atoms with Gasteiger partial charge in [-0.3, -0.25) is 18.1 Å². The third kappa shape index (κ3) is 2.09. The SMILES string of the molecule is Cc1ccn(-c2[c-]c(-n3ccc(C)n3)c(F)cc2F)n1. The van der Waals surface area contributed by atoms with Crippen molar-refractivity contribution < 1.29 is 8.78 Å². The van der Waals surface area contributed by atoms with Crippen LogP contribution in [0.3, 0.4) is 0 Å². The van der Waals surface area contributed by atoms with Crippen LogP contribution < -0.4 is 0 Å². The van der Waals surface area contributed by atoms with Crippen molar-refractivity contribution in [2.45, 2.75) is 13.8 Å². The maximum absolute atomic E-state index is 13.9. The van der Waals surface area contributed by atoms with Gasteiger partial charge in [0, 0.05) is 24.0 Å². The Morgan fingerprint density at radius 3 is 1.70 bits per heavy atom. The zero-order chi connectivity index (χ0) is 14.3. The fourth-order valence-corrected chi connectivity index (χ4v) is 1.89. The third-order valence-corrected chi connectivity index (χ3v) is 2.85. The third-order valence-electron chi connectivity index (χ3n) is 2.85. The Bertz CT molecular complexity index is 712. The van der Waals surface area contributed by atoms with Crippen LogP contribution in [0.25, 0.3) is 11.4 Å². The van der Waals surface area contributed by atoms with E-state index < -0.39 is 11.6 Å². The Morgan fingerprint density at radius 1 is 0.900 bits per heavy atom. The maximum Gasteiger partial charge on any atom is 0.0597 e. The van der Waals surface area contributed by atoms with Crippen molar-refractivity contribution in [3.63, 3.8) is 0 Å². The second-order valence-electron chi connectivity index (χ2n) is 4.47. The maximum atomic E-state index is 13.9. The fourth-order valence-electron chi connectivity index (χ4n) is 1.89. The molecule has 3 rings (SSSR count). The Balaban J connectivity index is 2.17. The summed E-state index contributed by atoms with van der Waals surface area (Å²) in [4.78, 5) is 0. The van der Waals surface area contributed by atoms with Gasteiger partial charge in [0.1, 0.15) is 0 Å². The molecular weight excluding hydrogens is 262 g/mol. The van der Waals surface area contributed by atoms with E-state index >= 15 is 0 Å². The van der Waals surface area contributed by atoms with Crippen molar-refractivity contribution >= 4 is 0 Å². The molecule has 2 aromatic heterocycles. The van der Waals surface area contributed by atoms with Crippen LogP contribution in [-0.4, -0.2) is 19.6 Å². The van der Waals surface area contributed by atoms with Gasteiger partial charge in [0.15, 0.2) is 0 Å². The molecule has 0 radical (unpaired) electrons. The van der Waals surface area contributed by atoms with Gasteiger partial charge in [0.05, 0.1) is 11.4 Å². The lowest BCUT2D eigenvalue weighted by atomic mass is 10.2. The quantitative estimate of drug-likeness (QED) is 0.673. The molecule has 0 fully saturated rings. The van der Waals surface area contributed by atoms with E-state index in [1.807, 2.05) is 0 Å². The molecule has 3 aromatic rings. The molecule has 4 nitrogen and oxygen atoms in total. The highest BCUT2D eigenvalue weighted by atomic mass is 19.1. The van der Waals surface area contributed by atoms with Crippen LogP contribution >= 0.6 is 0 Å². The molecule has 0 saturated carbocycles.